The summed E-state index contributed by atoms with van der Waals surface area (Å²) in [6.07, 6.45) is 3.70. The molecule has 0 aliphatic carbocycles. The average Bonchev–Trinajstić information content (AvgIpc) is 2.48. The van der Waals surface area contributed by atoms with E-state index in [1.165, 1.54) is 12.4 Å². The first-order chi connectivity index (χ1) is 10.1. The van der Waals surface area contributed by atoms with Gasteiger partial charge in [0.25, 0.3) is 5.91 Å². The Bertz CT molecular complexity index is 617. The van der Waals surface area contributed by atoms with Gasteiger partial charge in [-0.15, -0.1) is 0 Å². The lowest BCUT2D eigenvalue weighted by molar-refractivity contribution is 0.102. The van der Waals surface area contributed by atoms with Gasteiger partial charge in [0.05, 0.1) is 18.5 Å². The van der Waals surface area contributed by atoms with Crippen LogP contribution in [0, 0.1) is 0 Å². The van der Waals surface area contributed by atoms with Crippen molar-refractivity contribution < 1.29 is 9.53 Å². The maximum atomic E-state index is 12.0. The molecule has 5 nitrogen and oxygen atoms in total. The van der Waals surface area contributed by atoms with E-state index in [9.17, 15) is 4.79 Å². The van der Waals surface area contributed by atoms with Crippen LogP contribution in [0.25, 0.3) is 0 Å². The highest BCUT2D eigenvalue weighted by Gasteiger charge is 2.09. The van der Waals surface area contributed by atoms with Crippen LogP contribution in [0.5, 0.6) is 5.75 Å². The molecule has 0 saturated heterocycles. The highest BCUT2D eigenvalue weighted by molar-refractivity contribution is 6.29. The Hall–Kier alpha value is -2.14. The van der Waals surface area contributed by atoms with Crippen molar-refractivity contribution in [3.8, 4) is 5.75 Å². The number of anilines is 1. The molecule has 0 fully saturated rings. The van der Waals surface area contributed by atoms with Gasteiger partial charge in [-0.3, -0.25) is 4.79 Å². The Morgan fingerprint density at radius 3 is 2.86 bits per heavy atom. The lowest BCUT2D eigenvalue weighted by Gasteiger charge is -2.13. The van der Waals surface area contributed by atoms with Gasteiger partial charge in [-0.2, -0.15) is 0 Å². The number of halogens is 1. The molecule has 6 heteroatoms. The van der Waals surface area contributed by atoms with Gasteiger partial charge in [0, 0.05) is 11.8 Å². The third-order valence-corrected chi connectivity index (χ3v) is 3.05. The number of carbonyl (C=O) groups is 1. The summed E-state index contributed by atoms with van der Waals surface area (Å²) in [6.45, 7) is 4.05. The van der Waals surface area contributed by atoms with E-state index in [0.29, 0.717) is 11.4 Å². The van der Waals surface area contributed by atoms with Crippen molar-refractivity contribution in [3.05, 3.63) is 47.5 Å². The molecule has 110 valence electrons. The number of nitrogens with zero attached hydrogens (tertiary/aromatic N) is 2. The van der Waals surface area contributed by atoms with Gasteiger partial charge in [0.2, 0.25) is 0 Å². The summed E-state index contributed by atoms with van der Waals surface area (Å²) >= 11 is 5.64. The fourth-order valence-corrected chi connectivity index (χ4v) is 1.69. The van der Waals surface area contributed by atoms with E-state index in [2.05, 4.69) is 22.2 Å². The van der Waals surface area contributed by atoms with E-state index in [4.69, 9.17) is 16.3 Å². The predicted octanol–water partition coefficient (Wildman–Crippen LogP) is 3.56. The summed E-state index contributed by atoms with van der Waals surface area (Å²) in [5.41, 5.74) is 0.838. The average molecular weight is 306 g/mol. The van der Waals surface area contributed by atoms with Crippen molar-refractivity contribution in [1.29, 1.82) is 0 Å². The number of carbonyl (C=O) groups excluding carboxylic acids is 1. The Balaban J connectivity index is 2.07. The molecule has 0 aliphatic rings. The van der Waals surface area contributed by atoms with Gasteiger partial charge < -0.3 is 10.1 Å². The number of amides is 1. The third kappa shape index (κ3) is 4.43. The molecule has 21 heavy (non-hydrogen) atoms. The fraction of sp³-hybridized carbons (Fsp3) is 0.267. The molecular weight excluding hydrogens is 290 g/mol. The molecule has 0 bridgehead atoms. The van der Waals surface area contributed by atoms with Crippen LogP contribution >= 0.6 is 11.6 Å². The predicted molar refractivity (Wildman–Crippen MR) is 81.8 cm³/mol. The molecule has 1 unspecified atom stereocenters. The van der Waals surface area contributed by atoms with E-state index in [0.717, 1.165) is 6.42 Å². The number of benzene rings is 1. The minimum absolute atomic E-state index is 0.123. The number of hydrogen-bond donors (Lipinski definition) is 1. The van der Waals surface area contributed by atoms with Crippen LogP contribution in [0.4, 0.5) is 5.69 Å². The van der Waals surface area contributed by atoms with Crippen LogP contribution < -0.4 is 10.1 Å². The van der Waals surface area contributed by atoms with E-state index >= 15 is 0 Å². The standard InChI is InChI=1S/C15H16ClN3O2/c1-3-10(2)21-12-6-4-5-11(7-12)19-15(20)13-8-18-14(16)9-17-13/h4-10H,3H2,1-2H3,(H,19,20). The van der Waals surface area contributed by atoms with Gasteiger partial charge in [0.1, 0.15) is 16.6 Å². The summed E-state index contributed by atoms with van der Waals surface area (Å²) in [4.78, 5) is 19.8. The Morgan fingerprint density at radius 2 is 2.19 bits per heavy atom. The number of hydrogen-bond acceptors (Lipinski definition) is 4. The minimum Gasteiger partial charge on any atom is -0.491 e. The molecule has 0 spiro atoms. The van der Waals surface area contributed by atoms with Crippen molar-refractivity contribution >= 4 is 23.2 Å². The van der Waals surface area contributed by atoms with Crippen molar-refractivity contribution in [3.63, 3.8) is 0 Å². The normalized spacial score (nSPS) is 11.8. The Kier molecular flexibility index (Phi) is 5.11. The number of ether oxygens (including phenoxy) is 1. The van der Waals surface area contributed by atoms with Crippen molar-refractivity contribution in [2.45, 2.75) is 26.4 Å². The van der Waals surface area contributed by atoms with Crippen molar-refractivity contribution in [1.82, 2.24) is 9.97 Å². The smallest absolute Gasteiger partial charge is 0.275 e. The van der Waals surface area contributed by atoms with Gasteiger partial charge in [-0.05, 0) is 25.5 Å². The lowest BCUT2D eigenvalue weighted by atomic mass is 10.2. The first-order valence-corrected chi connectivity index (χ1v) is 7.02. The van der Waals surface area contributed by atoms with Gasteiger partial charge in [-0.25, -0.2) is 9.97 Å². The summed E-state index contributed by atoms with van der Waals surface area (Å²) in [7, 11) is 0. The van der Waals surface area contributed by atoms with E-state index in [1.807, 2.05) is 19.1 Å². The zero-order valence-corrected chi connectivity index (χ0v) is 12.6. The summed E-state index contributed by atoms with van der Waals surface area (Å²) in [5, 5.41) is 2.99. The quantitative estimate of drug-likeness (QED) is 0.917. The van der Waals surface area contributed by atoms with E-state index in [1.54, 1.807) is 12.1 Å². The summed E-state index contributed by atoms with van der Waals surface area (Å²) in [6, 6.07) is 7.23. The van der Waals surface area contributed by atoms with Gasteiger partial charge >= 0.3 is 0 Å². The third-order valence-electron chi connectivity index (χ3n) is 2.86. The molecule has 2 aromatic rings. The van der Waals surface area contributed by atoms with E-state index in [-0.39, 0.29) is 22.9 Å². The second-order valence-electron chi connectivity index (χ2n) is 4.54. The molecule has 1 atom stereocenters. The first kappa shape index (κ1) is 15.3. The summed E-state index contributed by atoms with van der Waals surface area (Å²) < 4.78 is 5.71. The molecule has 1 aromatic carbocycles. The number of nitrogens with one attached hydrogen (secondary N) is 1. The topological polar surface area (TPSA) is 64.1 Å². The molecular formula is C15H16ClN3O2. The van der Waals surface area contributed by atoms with Crippen molar-refractivity contribution in [2.75, 3.05) is 5.32 Å². The molecule has 0 aliphatic heterocycles. The minimum atomic E-state index is -0.347. The molecule has 1 amide bonds. The van der Waals surface area contributed by atoms with Crippen LogP contribution in [0.3, 0.4) is 0 Å². The van der Waals surface area contributed by atoms with Gasteiger partial charge in [-0.1, -0.05) is 24.6 Å². The zero-order chi connectivity index (χ0) is 15.2. The largest absolute Gasteiger partial charge is 0.491 e. The highest BCUT2D eigenvalue weighted by atomic mass is 35.5. The molecule has 0 saturated carbocycles. The molecule has 1 heterocycles. The molecule has 1 aromatic heterocycles. The lowest BCUT2D eigenvalue weighted by Crippen LogP contribution is -2.14. The SMILES string of the molecule is CCC(C)Oc1cccc(NC(=O)c2cnc(Cl)cn2)c1. The maximum Gasteiger partial charge on any atom is 0.275 e. The second-order valence-corrected chi connectivity index (χ2v) is 4.93. The fourth-order valence-electron chi connectivity index (χ4n) is 1.59. The monoisotopic (exact) mass is 305 g/mol. The highest BCUT2D eigenvalue weighted by Crippen LogP contribution is 2.19. The second kappa shape index (κ2) is 7.04. The van der Waals surface area contributed by atoms with E-state index < -0.39 is 0 Å². The van der Waals surface area contributed by atoms with Crippen LogP contribution in [0.2, 0.25) is 5.15 Å². The van der Waals surface area contributed by atoms with Crippen LogP contribution in [0.15, 0.2) is 36.7 Å². The first-order valence-electron chi connectivity index (χ1n) is 6.64. The van der Waals surface area contributed by atoms with Crippen molar-refractivity contribution in [2.24, 2.45) is 0 Å². The Labute approximate surface area is 128 Å². The number of rotatable bonds is 5. The molecule has 1 N–H and O–H groups in total. The maximum absolute atomic E-state index is 12.0. The molecule has 0 radical (unpaired) electrons. The van der Waals surface area contributed by atoms with Crippen LogP contribution in [-0.4, -0.2) is 22.0 Å². The number of aromatic nitrogens is 2. The van der Waals surface area contributed by atoms with Crippen LogP contribution in [-0.2, 0) is 0 Å². The van der Waals surface area contributed by atoms with Gasteiger partial charge in [0.15, 0.2) is 0 Å². The Morgan fingerprint density at radius 1 is 1.38 bits per heavy atom. The molecule has 2 rings (SSSR count). The van der Waals surface area contributed by atoms with Crippen LogP contribution in [0.1, 0.15) is 30.8 Å². The zero-order valence-electron chi connectivity index (χ0n) is 11.8. The summed E-state index contributed by atoms with van der Waals surface area (Å²) in [5.74, 6) is 0.365.